The lowest BCUT2D eigenvalue weighted by Crippen LogP contribution is -1.95. The van der Waals surface area contributed by atoms with Gasteiger partial charge in [0.25, 0.3) is 5.69 Å². The molecule has 8 heteroatoms. The zero-order valence-corrected chi connectivity index (χ0v) is 8.38. The molecule has 0 saturated heterocycles. The molecule has 0 spiro atoms. The molecular formula is C9H6F2N4O2. The zero-order valence-electron chi connectivity index (χ0n) is 8.38. The minimum atomic E-state index is -1.29. The SMILES string of the molecule is [N-]=[N+]=NCC=Cc1cc(F)c(F)cc1[N+](=O)[O-]. The average Bonchev–Trinajstić information content (AvgIpc) is 2.28. The highest BCUT2D eigenvalue weighted by Crippen LogP contribution is 2.23. The van der Waals surface area contributed by atoms with Crippen molar-refractivity contribution in [1.29, 1.82) is 0 Å². The fourth-order valence-corrected chi connectivity index (χ4v) is 1.11. The predicted molar refractivity (Wildman–Crippen MR) is 56.1 cm³/mol. The number of nitro groups is 1. The van der Waals surface area contributed by atoms with E-state index in [2.05, 4.69) is 10.0 Å². The largest absolute Gasteiger partial charge is 0.279 e. The molecule has 88 valence electrons. The molecule has 0 amide bonds. The Hall–Kier alpha value is -2.47. The maximum atomic E-state index is 12.9. The van der Waals surface area contributed by atoms with Gasteiger partial charge in [-0.25, -0.2) is 8.78 Å². The van der Waals surface area contributed by atoms with Gasteiger partial charge in [-0.05, 0) is 11.6 Å². The van der Waals surface area contributed by atoms with E-state index < -0.39 is 22.2 Å². The van der Waals surface area contributed by atoms with Gasteiger partial charge in [0.1, 0.15) is 0 Å². The van der Waals surface area contributed by atoms with Crippen molar-refractivity contribution < 1.29 is 13.7 Å². The van der Waals surface area contributed by atoms with Gasteiger partial charge in [-0.1, -0.05) is 17.3 Å². The number of halogens is 2. The standard InChI is InChI=1S/C9H6F2N4O2/c10-7-4-6(2-1-3-13-14-12)9(15(16)17)5-8(7)11/h1-2,4-5H,3H2. The number of benzene rings is 1. The fourth-order valence-electron chi connectivity index (χ4n) is 1.11. The minimum Gasteiger partial charge on any atom is -0.258 e. The predicted octanol–water partition coefficient (Wildman–Crippen LogP) is 3.20. The van der Waals surface area contributed by atoms with Crippen LogP contribution in [0, 0.1) is 21.7 Å². The molecule has 0 saturated carbocycles. The summed E-state index contributed by atoms with van der Waals surface area (Å²) in [5, 5.41) is 13.7. The maximum absolute atomic E-state index is 12.9. The van der Waals surface area contributed by atoms with E-state index in [-0.39, 0.29) is 12.1 Å². The molecule has 0 aliphatic rings. The smallest absolute Gasteiger partial charge is 0.258 e. The summed E-state index contributed by atoms with van der Waals surface area (Å²) in [5.74, 6) is -2.47. The number of hydrogen-bond acceptors (Lipinski definition) is 3. The molecule has 0 atom stereocenters. The van der Waals surface area contributed by atoms with Gasteiger partial charge in [0.15, 0.2) is 11.6 Å². The first-order valence-corrected chi connectivity index (χ1v) is 4.37. The van der Waals surface area contributed by atoms with Gasteiger partial charge in [-0.15, -0.1) is 0 Å². The molecule has 0 N–H and O–H groups in total. The highest BCUT2D eigenvalue weighted by Gasteiger charge is 2.16. The van der Waals surface area contributed by atoms with Crippen LogP contribution in [0.1, 0.15) is 5.56 Å². The van der Waals surface area contributed by atoms with Crippen LogP contribution < -0.4 is 0 Å². The van der Waals surface area contributed by atoms with Gasteiger partial charge < -0.3 is 0 Å². The van der Waals surface area contributed by atoms with Crippen LogP contribution in [0.2, 0.25) is 0 Å². The molecule has 0 bridgehead atoms. The van der Waals surface area contributed by atoms with Crippen molar-refractivity contribution >= 4 is 11.8 Å². The molecule has 0 radical (unpaired) electrons. The first-order chi connectivity index (χ1) is 8.06. The second-order valence-electron chi connectivity index (χ2n) is 2.90. The lowest BCUT2D eigenvalue weighted by molar-refractivity contribution is -0.385. The third-order valence-electron chi connectivity index (χ3n) is 1.81. The van der Waals surface area contributed by atoms with Crippen molar-refractivity contribution in [2.24, 2.45) is 5.11 Å². The van der Waals surface area contributed by atoms with Crippen molar-refractivity contribution in [3.63, 3.8) is 0 Å². The Labute approximate surface area is 94.0 Å². The van der Waals surface area contributed by atoms with Crippen LogP contribution >= 0.6 is 0 Å². The van der Waals surface area contributed by atoms with Crippen molar-refractivity contribution in [2.75, 3.05) is 6.54 Å². The lowest BCUT2D eigenvalue weighted by atomic mass is 10.1. The molecule has 0 heterocycles. The highest BCUT2D eigenvalue weighted by atomic mass is 19.2. The van der Waals surface area contributed by atoms with Crippen molar-refractivity contribution in [1.82, 2.24) is 0 Å². The summed E-state index contributed by atoms with van der Waals surface area (Å²) in [7, 11) is 0. The molecule has 1 aromatic rings. The number of azide groups is 1. The molecule has 1 aromatic carbocycles. The summed E-state index contributed by atoms with van der Waals surface area (Å²) in [4.78, 5) is 12.2. The molecule has 0 unspecified atom stereocenters. The summed E-state index contributed by atoms with van der Waals surface area (Å²) in [6.07, 6.45) is 2.49. The van der Waals surface area contributed by atoms with Crippen LogP contribution in [0.25, 0.3) is 16.5 Å². The van der Waals surface area contributed by atoms with Crippen molar-refractivity contribution in [3.8, 4) is 0 Å². The Kier molecular flexibility index (Phi) is 4.13. The van der Waals surface area contributed by atoms with Crippen LogP contribution in [-0.2, 0) is 0 Å². The molecule has 0 aromatic heterocycles. The molecule has 0 aliphatic heterocycles. The monoisotopic (exact) mass is 240 g/mol. The number of nitro benzene ring substituents is 1. The first kappa shape index (κ1) is 12.6. The Bertz CT molecular complexity index is 524. The van der Waals surface area contributed by atoms with Gasteiger partial charge in [0.2, 0.25) is 0 Å². The van der Waals surface area contributed by atoms with Crippen molar-refractivity contribution in [2.45, 2.75) is 0 Å². The second kappa shape index (κ2) is 5.57. The summed E-state index contributed by atoms with van der Waals surface area (Å²) >= 11 is 0. The van der Waals surface area contributed by atoms with E-state index in [1.54, 1.807) is 0 Å². The van der Waals surface area contributed by atoms with Gasteiger partial charge in [0, 0.05) is 11.5 Å². The lowest BCUT2D eigenvalue weighted by Gasteiger charge is -1.98. The van der Waals surface area contributed by atoms with Crippen LogP contribution in [0.3, 0.4) is 0 Å². The molecular weight excluding hydrogens is 234 g/mol. The van der Waals surface area contributed by atoms with E-state index in [0.29, 0.717) is 12.1 Å². The maximum Gasteiger partial charge on any atom is 0.279 e. The highest BCUT2D eigenvalue weighted by molar-refractivity contribution is 5.61. The van der Waals surface area contributed by atoms with Gasteiger partial charge in [-0.2, -0.15) is 0 Å². The summed E-state index contributed by atoms with van der Waals surface area (Å²) < 4.78 is 25.7. The Morgan fingerprint density at radius 3 is 2.71 bits per heavy atom. The van der Waals surface area contributed by atoms with Gasteiger partial charge in [-0.3, -0.25) is 10.1 Å². The Morgan fingerprint density at radius 2 is 2.12 bits per heavy atom. The van der Waals surface area contributed by atoms with Crippen LogP contribution in [0.5, 0.6) is 0 Å². The zero-order chi connectivity index (χ0) is 12.8. The average molecular weight is 240 g/mol. The quantitative estimate of drug-likeness (QED) is 0.266. The summed E-state index contributed by atoms with van der Waals surface area (Å²) in [6.45, 7) is -0.0351. The van der Waals surface area contributed by atoms with Crippen LogP contribution in [0.15, 0.2) is 23.3 Å². The van der Waals surface area contributed by atoms with Crippen molar-refractivity contribution in [3.05, 3.63) is 56.0 Å². The van der Waals surface area contributed by atoms with Crippen LogP contribution in [0.4, 0.5) is 14.5 Å². The van der Waals surface area contributed by atoms with E-state index in [1.165, 1.54) is 12.2 Å². The number of nitrogens with zero attached hydrogens (tertiary/aromatic N) is 4. The van der Waals surface area contributed by atoms with Crippen LogP contribution in [-0.4, -0.2) is 11.5 Å². The first-order valence-electron chi connectivity index (χ1n) is 4.37. The third kappa shape index (κ3) is 3.25. The summed E-state index contributed by atoms with van der Waals surface area (Å²) in [6, 6.07) is 1.21. The Morgan fingerprint density at radius 1 is 1.47 bits per heavy atom. The second-order valence-corrected chi connectivity index (χ2v) is 2.90. The topological polar surface area (TPSA) is 91.9 Å². The van der Waals surface area contributed by atoms with Gasteiger partial charge in [0.05, 0.1) is 16.6 Å². The normalized spacial score (nSPS) is 10.2. The third-order valence-corrected chi connectivity index (χ3v) is 1.81. The van der Waals surface area contributed by atoms with E-state index in [4.69, 9.17) is 5.53 Å². The summed E-state index contributed by atoms with van der Waals surface area (Å²) in [5.41, 5.74) is 7.34. The van der Waals surface area contributed by atoms with E-state index in [1.807, 2.05) is 0 Å². The molecule has 0 fully saturated rings. The number of hydrogen-bond donors (Lipinski definition) is 0. The molecule has 0 aliphatic carbocycles. The van der Waals surface area contributed by atoms with E-state index in [0.717, 1.165) is 0 Å². The van der Waals surface area contributed by atoms with E-state index >= 15 is 0 Å². The van der Waals surface area contributed by atoms with Gasteiger partial charge >= 0.3 is 0 Å². The van der Waals surface area contributed by atoms with E-state index in [9.17, 15) is 18.9 Å². The Balaban J connectivity index is 3.12. The minimum absolute atomic E-state index is 0.0351. The molecule has 1 rings (SSSR count). The number of rotatable bonds is 4. The molecule has 17 heavy (non-hydrogen) atoms. The molecule has 6 nitrogen and oxygen atoms in total. The fraction of sp³-hybridized carbons (Fsp3) is 0.111.